The van der Waals surface area contributed by atoms with Gasteiger partial charge in [-0.1, -0.05) is 17.7 Å². The Hall–Kier alpha value is -2.14. The molecule has 132 valence electrons. The Morgan fingerprint density at radius 1 is 1.40 bits per heavy atom. The van der Waals surface area contributed by atoms with Crippen LogP contribution >= 0.6 is 11.3 Å². The SMILES string of the molecule is COC(=O)C1=C(C)N(CCC2=CCCCC2)C(=O)C1=Cc1cccs1. The van der Waals surface area contributed by atoms with Crippen LogP contribution in [0.25, 0.3) is 6.08 Å². The monoisotopic (exact) mass is 357 g/mol. The van der Waals surface area contributed by atoms with Crippen molar-refractivity contribution in [2.24, 2.45) is 0 Å². The van der Waals surface area contributed by atoms with Crippen LogP contribution in [0, 0.1) is 0 Å². The van der Waals surface area contributed by atoms with Crippen LogP contribution in [0.15, 0.2) is 46.0 Å². The molecule has 0 spiro atoms. The maximum absolute atomic E-state index is 12.9. The average Bonchev–Trinajstić information content (AvgIpc) is 3.22. The Labute approximate surface area is 152 Å². The summed E-state index contributed by atoms with van der Waals surface area (Å²) in [5.41, 5.74) is 2.93. The van der Waals surface area contributed by atoms with Gasteiger partial charge in [-0.05, 0) is 56.6 Å². The molecule has 4 nitrogen and oxygen atoms in total. The second-order valence-corrected chi connectivity index (χ2v) is 7.32. The van der Waals surface area contributed by atoms with E-state index >= 15 is 0 Å². The van der Waals surface area contributed by atoms with Crippen LogP contribution in [0.1, 0.15) is 43.9 Å². The standard InChI is InChI=1S/C20H23NO3S/c1-14-18(20(23)24-2)17(13-16-9-6-12-25-16)19(22)21(14)11-10-15-7-4-3-5-8-15/h6-7,9,12-13H,3-5,8,10-11H2,1-2H3. The summed E-state index contributed by atoms with van der Waals surface area (Å²) in [5, 5.41) is 1.95. The van der Waals surface area contributed by atoms with Crippen LogP contribution in [-0.4, -0.2) is 30.4 Å². The number of esters is 1. The highest BCUT2D eigenvalue weighted by Crippen LogP contribution is 2.33. The molecule has 0 atom stereocenters. The molecule has 0 unspecified atom stereocenters. The lowest BCUT2D eigenvalue weighted by Gasteiger charge is -2.20. The van der Waals surface area contributed by atoms with E-state index in [9.17, 15) is 9.59 Å². The fraction of sp³-hybridized carbons (Fsp3) is 0.400. The fourth-order valence-electron chi connectivity index (χ4n) is 3.40. The highest BCUT2D eigenvalue weighted by atomic mass is 32.1. The molecule has 0 saturated heterocycles. The number of carbonyl (C=O) groups excluding carboxylic acids is 2. The number of amides is 1. The van der Waals surface area contributed by atoms with Crippen LogP contribution < -0.4 is 0 Å². The molecule has 1 aromatic heterocycles. The maximum atomic E-state index is 12.9. The molecule has 1 aromatic rings. The zero-order valence-electron chi connectivity index (χ0n) is 14.7. The molecule has 25 heavy (non-hydrogen) atoms. The molecule has 0 N–H and O–H groups in total. The molecule has 0 bridgehead atoms. The van der Waals surface area contributed by atoms with Crippen LogP contribution in [-0.2, 0) is 14.3 Å². The molecule has 0 saturated carbocycles. The van der Waals surface area contributed by atoms with Crippen molar-refractivity contribution >= 4 is 29.3 Å². The van der Waals surface area contributed by atoms with Gasteiger partial charge in [0, 0.05) is 17.1 Å². The van der Waals surface area contributed by atoms with Gasteiger partial charge in [0.1, 0.15) is 0 Å². The lowest BCUT2D eigenvalue weighted by Crippen LogP contribution is -2.26. The first kappa shape index (κ1) is 17.7. The van der Waals surface area contributed by atoms with E-state index in [2.05, 4.69) is 6.08 Å². The minimum atomic E-state index is -0.451. The summed E-state index contributed by atoms with van der Waals surface area (Å²) in [7, 11) is 1.35. The summed E-state index contributed by atoms with van der Waals surface area (Å²) in [6, 6.07) is 3.86. The number of thiophene rings is 1. The largest absolute Gasteiger partial charge is 0.465 e. The number of methoxy groups -OCH3 is 1. The van der Waals surface area contributed by atoms with E-state index in [-0.39, 0.29) is 5.91 Å². The van der Waals surface area contributed by atoms with Crippen molar-refractivity contribution in [3.63, 3.8) is 0 Å². The molecule has 1 aliphatic carbocycles. The highest BCUT2D eigenvalue weighted by Gasteiger charge is 2.36. The van der Waals surface area contributed by atoms with Gasteiger partial charge < -0.3 is 9.64 Å². The predicted molar refractivity (Wildman–Crippen MR) is 99.9 cm³/mol. The molecule has 0 radical (unpaired) electrons. The summed E-state index contributed by atoms with van der Waals surface area (Å²) in [4.78, 5) is 27.9. The number of allylic oxidation sites excluding steroid dienone is 2. The Balaban J connectivity index is 1.86. The number of hydrogen-bond donors (Lipinski definition) is 0. The molecule has 1 amide bonds. The first-order chi connectivity index (χ1) is 12.1. The van der Waals surface area contributed by atoms with Crippen LogP contribution in [0.5, 0.6) is 0 Å². The zero-order valence-corrected chi connectivity index (χ0v) is 15.5. The van der Waals surface area contributed by atoms with Crippen LogP contribution in [0.3, 0.4) is 0 Å². The molecular formula is C20H23NO3S. The Kier molecular flexibility index (Phi) is 5.53. The minimum absolute atomic E-state index is 0.109. The summed E-state index contributed by atoms with van der Waals surface area (Å²) >= 11 is 1.54. The van der Waals surface area contributed by atoms with Crippen molar-refractivity contribution in [1.82, 2.24) is 4.90 Å². The molecule has 0 fully saturated rings. The third-order valence-corrected chi connectivity index (χ3v) is 5.59. The third-order valence-electron chi connectivity index (χ3n) is 4.77. The van der Waals surface area contributed by atoms with E-state index in [0.29, 0.717) is 23.4 Å². The van der Waals surface area contributed by atoms with Crippen molar-refractivity contribution in [1.29, 1.82) is 0 Å². The second kappa shape index (κ2) is 7.83. The molecular weight excluding hydrogens is 334 g/mol. The number of rotatable bonds is 5. The second-order valence-electron chi connectivity index (χ2n) is 6.34. The molecule has 0 aromatic carbocycles. The highest BCUT2D eigenvalue weighted by molar-refractivity contribution is 7.10. The van der Waals surface area contributed by atoms with E-state index < -0.39 is 5.97 Å². The van der Waals surface area contributed by atoms with E-state index in [4.69, 9.17) is 4.74 Å². The molecule has 1 aliphatic heterocycles. The summed E-state index contributed by atoms with van der Waals surface area (Å²) in [5.74, 6) is -0.559. The van der Waals surface area contributed by atoms with Gasteiger partial charge in [0.2, 0.25) is 0 Å². The van der Waals surface area contributed by atoms with Gasteiger partial charge in [-0.25, -0.2) is 4.79 Å². The number of ether oxygens (including phenoxy) is 1. The van der Waals surface area contributed by atoms with E-state index in [1.54, 1.807) is 22.3 Å². The predicted octanol–water partition coefficient (Wildman–Crippen LogP) is 4.31. The first-order valence-electron chi connectivity index (χ1n) is 8.66. The van der Waals surface area contributed by atoms with E-state index in [0.717, 1.165) is 24.1 Å². The van der Waals surface area contributed by atoms with Gasteiger partial charge in [-0.15, -0.1) is 11.3 Å². The molecule has 2 aliphatic rings. The van der Waals surface area contributed by atoms with Gasteiger partial charge in [0.05, 0.1) is 18.3 Å². The smallest absolute Gasteiger partial charge is 0.340 e. The van der Waals surface area contributed by atoms with Crippen molar-refractivity contribution in [3.05, 3.63) is 50.9 Å². The summed E-state index contributed by atoms with van der Waals surface area (Å²) in [6.07, 6.45) is 9.69. The van der Waals surface area contributed by atoms with Crippen LogP contribution in [0.2, 0.25) is 0 Å². The molecule has 3 rings (SSSR count). The van der Waals surface area contributed by atoms with Gasteiger partial charge in [-0.2, -0.15) is 0 Å². The lowest BCUT2D eigenvalue weighted by atomic mass is 9.97. The number of hydrogen-bond acceptors (Lipinski definition) is 4. The van der Waals surface area contributed by atoms with E-state index in [1.165, 1.54) is 25.5 Å². The maximum Gasteiger partial charge on any atom is 0.340 e. The summed E-state index contributed by atoms with van der Waals surface area (Å²) in [6.45, 7) is 2.44. The van der Waals surface area contributed by atoms with Gasteiger partial charge in [0.15, 0.2) is 0 Å². The number of nitrogens with zero attached hydrogens (tertiary/aromatic N) is 1. The Morgan fingerprint density at radius 3 is 2.88 bits per heavy atom. The topological polar surface area (TPSA) is 46.6 Å². The van der Waals surface area contributed by atoms with Gasteiger partial charge >= 0.3 is 5.97 Å². The third kappa shape index (κ3) is 3.76. The lowest BCUT2D eigenvalue weighted by molar-refractivity contribution is -0.136. The van der Waals surface area contributed by atoms with Crippen molar-refractivity contribution in [2.75, 3.05) is 13.7 Å². The number of carbonyl (C=O) groups is 2. The molecule has 2 heterocycles. The average molecular weight is 357 g/mol. The minimum Gasteiger partial charge on any atom is -0.465 e. The summed E-state index contributed by atoms with van der Waals surface area (Å²) < 4.78 is 4.92. The first-order valence-corrected chi connectivity index (χ1v) is 9.54. The van der Waals surface area contributed by atoms with Crippen molar-refractivity contribution < 1.29 is 14.3 Å². The zero-order chi connectivity index (χ0) is 17.8. The van der Waals surface area contributed by atoms with Crippen molar-refractivity contribution in [2.45, 2.75) is 39.0 Å². The fourth-order valence-corrected chi connectivity index (χ4v) is 4.06. The Bertz CT molecular complexity index is 756. The van der Waals surface area contributed by atoms with Gasteiger partial charge in [0.25, 0.3) is 5.91 Å². The van der Waals surface area contributed by atoms with Gasteiger partial charge in [-0.3, -0.25) is 4.79 Å². The quantitative estimate of drug-likeness (QED) is 0.448. The van der Waals surface area contributed by atoms with Crippen molar-refractivity contribution in [3.8, 4) is 0 Å². The normalized spacial score (nSPS) is 19.6. The Morgan fingerprint density at radius 2 is 2.24 bits per heavy atom. The van der Waals surface area contributed by atoms with E-state index in [1.807, 2.05) is 24.4 Å². The van der Waals surface area contributed by atoms with Crippen LogP contribution in [0.4, 0.5) is 0 Å². The molecule has 5 heteroatoms.